The zero-order valence-corrected chi connectivity index (χ0v) is 17.4. The molecule has 0 aliphatic rings. The van der Waals surface area contributed by atoms with E-state index in [1.807, 2.05) is 0 Å². The van der Waals surface area contributed by atoms with Gasteiger partial charge in [0, 0.05) is 12.5 Å². The Bertz CT molecular complexity index is 1070. The first-order valence-corrected chi connectivity index (χ1v) is 9.57. The minimum atomic E-state index is -2.18. The lowest BCUT2D eigenvalue weighted by Gasteiger charge is -2.19. The van der Waals surface area contributed by atoms with Gasteiger partial charge >= 0.3 is 17.9 Å². The summed E-state index contributed by atoms with van der Waals surface area (Å²) in [5.74, 6) is -9.05. The average Bonchev–Trinajstić information content (AvgIpc) is 2.77. The second-order valence-electron chi connectivity index (χ2n) is 6.97. The number of allylic oxidation sites excluding steroid dienone is 1. The number of aromatic hydroxyl groups is 4. The molecule has 0 spiro atoms. The summed E-state index contributed by atoms with van der Waals surface area (Å²) in [5.41, 5.74) is 0.566. The second kappa shape index (κ2) is 11.2. The number of ether oxygens (including phenoxy) is 1. The van der Waals surface area contributed by atoms with Gasteiger partial charge in [0.1, 0.15) is 5.92 Å². The molecule has 0 fully saturated rings. The van der Waals surface area contributed by atoms with Crippen molar-refractivity contribution in [2.24, 2.45) is 5.92 Å². The number of phenols is 4. The fraction of sp³-hybridized carbons (Fsp3) is 0.130. The van der Waals surface area contributed by atoms with Crippen LogP contribution in [0.2, 0.25) is 0 Å². The summed E-state index contributed by atoms with van der Waals surface area (Å²) in [7, 11) is 0. The maximum absolute atomic E-state index is 12.2. The molecule has 11 nitrogen and oxygen atoms in total. The minimum Gasteiger partial charge on any atom is -0.504 e. The summed E-state index contributed by atoms with van der Waals surface area (Å²) in [6, 6.07) is 7.30. The summed E-state index contributed by atoms with van der Waals surface area (Å²) in [5, 5.41) is 56.2. The number of hydrogen-bond donors (Lipinski definition) is 6. The molecule has 2 aromatic rings. The Morgan fingerprint density at radius 3 is 1.68 bits per heavy atom. The maximum Gasteiger partial charge on any atom is 0.345 e. The molecule has 0 aliphatic heterocycles. The van der Waals surface area contributed by atoms with Crippen molar-refractivity contribution in [2.75, 3.05) is 0 Å². The lowest BCUT2D eigenvalue weighted by molar-refractivity contribution is -0.171. The number of rotatable bonds is 10. The van der Waals surface area contributed by atoms with E-state index in [4.69, 9.17) is 4.74 Å². The van der Waals surface area contributed by atoms with Crippen LogP contribution in [0.25, 0.3) is 12.2 Å². The number of ketones is 1. The van der Waals surface area contributed by atoms with E-state index in [2.05, 4.69) is 0 Å². The van der Waals surface area contributed by atoms with Crippen LogP contribution in [-0.4, -0.2) is 60.4 Å². The van der Waals surface area contributed by atoms with Crippen LogP contribution in [-0.2, 0) is 23.9 Å². The third kappa shape index (κ3) is 7.12. The van der Waals surface area contributed by atoms with Crippen LogP contribution < -0.4 is 0 Å². The van der Waals surface area contributed by atoms with Crippen molar-refractivity contribution in [1.82, 2.24) is 0 Å². The number of aliphatic carboxylic acids is 2. The van der Waals surface area contributed by atoms with Gasteiger partial charge in [-0.15, -0.1) is 0 Å². The van der Waals surface area contributed by atoms with Gasteiger partial charge in [0.2, 0.25) is 6.10 Å². The summed E-state index contributed by atoms with van der Waals surface area (Å²) in [6.45, 7) is 0. The monoisotopic (exact) mass is 472 g/mol. The summed E-state index contributed by atoms with van der Waals surface area (Å²) >= 11 is 0. The number of carbonyl (C=O) groups is 4. The van der Waals surface area contributed by atoms with E-state index in [0.717, 1.165) is 36.4 Å². The molecule has 0 saturated heterocycles. The fourth-order valence-corrected chi connectivity index (χ4v) is 2.72. The number of esters is 1. The Kier molecular flexibility index (Phi) is 8.37. The molecule has 2 rings (SSSR count). The number of hydrogen-bond acceptors (Lipinski definition) is 9. The molecule has 0 amide bonds. The van der Waals surface area contributed by atoms with Crippen molar-refractivity contribution in [2.45, 2.75) is 12.5 Å². The van der Waals surface area contributed by atoms with Crippen LogP contribution in [0.15, 0.2) is 48.6 Å². The normalized spacial score (nSPS) is 12.9. The van der Waals surface area contributed by atoms with Crippen LogP contribution in [0.1, 0.15) is 17.5 Å². The van der Waals surface area contributed by atoms with Crippen molar-refractivity contribution in [1.29, 1.82) is 0 Å². The van der Waals surface area contributed by atoms with Crippen LogP contribution in [0.5, 0.6) is 23.0 Å². The molecule has 2 atom stereocenters. The van der Waals surface area contributed by atoms with E-state index in [0.29, 0.717) is 5.56 Å². The van der Waals surface area contributed by atoms with E-state index < -0.39 is 59.4 Å². The Morgan fingerprint density at radius 2 is 1.24 bits per heavy atom. The molecule has 0 unspecified atom stereocenters. The van der Waals surface area contributed by atoms with E-state index in [-0.39, 0.29) is 11.3 Å². The molecule has 0 aromatic heterocycles. The lowest BCUT2D eigenvalue weighted by atomic mass is 9.95. The number of benzene rings is 2. The molecule has 178 valence electrons. The molecular weight excluding hydrogens is 452 g/mol. The first-order chi connectivity index (χ1) is 16.0. The van der Waals surface area contributed by atoms with Gasteiger partial charge in [-0.3, -0.25) is 9.59 Å². The molecule has 2 aromatic carbocycles. The molecule has 11 heteroatoms. The fourth-order valence-electron chi connectivity index (χ4n) is 2.72. The molecule has 0 aliphatic carbocycles. The summed E-state index contributed by atoms with van der Waals surface area (Å²) in [4.78, 5) is 47.4. The Morgan fingerprint density at radius 1 is 0.735 bits per heavy atom. The third-order valence-corrected chi connectivity index (χ3v) is 4.46. The van der Waals surface area contributed by atoms with Gasteiger partial charge in [-0.1, -0.05) is 18.2 Å². The van der Waals surface area contributed by atoms with Gasteiger partial charge < -0.3 is 35.4 Å². The number of phenolic OH excluding ortho intramolecular Hbond substituents is 4. The van der Waals surface area contributed by atoms with Crippen molar-refractivity contribution in [3.05, 3.63) is 59.7 Å². The van der Waals surface area contributed by atoms with Crippen molar-refractivity contribution < 1.29 is 54.6 Å². The second-order valence-corrected chi connectivity index (χ2v) is 6.97. The van der Waals surface area contributed by atoms with Gasteiger partial charge in [-0.2, -0.15) is 0 Å². The SMILES string of the molecule is O=C(/C=C/c1ccc(O)c(O)c1)C[C@@H](C(=O)O)[C@@H](OC(=O)/C=C/c1ccc(O)c(O)c1)C(=O)O. The topological polar surface area (TPSA) is 199 Å². The average molecular weight is 472 g/mol. The van der Waals surface area contributed by atoms with Crippen molar-refractivity contribution in [3.8, 4) is 23.0 Å². The number of carboxylic acids is 2. The van der Waals surface area contributed by atoms with Crippen molar-refractivity contribution >= 4 is 35.8 Å². The quantitative estimate of drug-likeness (QED) is 0.168. The highest BCUT2D eigenvalue weighted by molar-refractivity contribution is 5.97. The molecular formula is C23H20O11. The zero-order chi connectivity index (χ0) is 25.4. The Hall–Kier alpha value is -4.80. The number of carboxylic acid groups (broad SMARTS) is 2. The van der Waals surface area contributed by atoms with Gasteiger partial charge in [0.15, 0.2) is 28.8 Å². The summed E-state index contributed by atoms with van der Waals surface area (Å²) < 4.78 is 4.75. The predicted molar refractivity (Wildman–Crippen MR) is 116 cm³/mol. The van der Waals surface area contributed by atoms with Gasteiger partial charge in [0.25, 0.3) is 0 Å². The summed E-state index contributed by atoms with van der Waals surface area (Å²) in [6.07, 6.45) is 1.11. The molecule has 0 radical (unpaired) electrons. The zero-order valence-electron chi connectivity index (χ0n) is 17.4. The van der Waals surface area contributed by atoms with Gasteiger partial charge in [0.05, 0.1) is 0 Å². The number of carbonyl (C=O) groups excluding carboxylic acids is 2. The highest BCUT2D eigenvalue weighted by Gasteiger charge is 2.38. The van der Waals surface area contributed by atoms with Crippen molar-refractivity contribution in [3.63, 3.8) is 0 Å². The minimum absolute atomic E-state index is 0.259. The largest absolute Gasteiger partial charge is 0.504 e. The first-order valence-electron chi connectivity index (χ1n) is 9.57. The Balaban J connectivity index is 2.11. The highest BCUT2D eigenvalue weighted by atomic mass is 16.6. The smallest absolute Gasteiger partial charge is 0.345 e. The molecule has 6 N–H and O–H groups in total. The molecule has 0 saturated carbocycles. The van der Waals surface area contributed by atoms with Crippen LogP contribution in [0, 0.1) is 5.92 Å². The first kappa shape index (κ1) is 25.5. The molecule has 34 heavy (non-hydrogen) atoms. The van der Waals surface area contributed by atoms with Crippen LogP contribution in [0.3, 0.4) is 0 Å². The standard InChI is InChI=1S/C23H20O11/c24-14(5-1-12-2-6-16(25)18(27)9-12)11-15(22(30)31)21(23(32)33)34-20(29)8-4-13-3-7-17(26)19(28)10-13/h1-10,15,21,25-28H,11H2,(H,30,31)(H,32,33)/b5-1+,8-4+/t15-,21-/m1/s1. The van der Waals surface area contributed by atoms with E-state index in [9.17, 15) is 49.8 Å². The van der Waals surface area contributed by atoms with E-state index in [1.54, 1.807) is 0 Å². The van der Waals surface area contributed by atoms with Gasteiger partial charge in [-0.25, -0.2) is 9.59 Å². The van der Waals surface area contributed by atoms with Crippen LogP contribution in [0.4, 0.5) is 0 Å². The highest BCUT2D eigenvalue weighted by Crippen LogP contribution is 2.26. The maximum atomic E-state index is 12.2. The molecule has 0 bridgehead atoms. The predicted octanol–water partition coefficient (Wildman–Crippen LogP) is 1.89. The Labute approximate surface area is 192 Å². The lowest BCUT2D eigenvalue weighted by Crippen LogP contribution is -2.39. The van der Waals surface area contributed by atoms with E-state index >= 15 is 0 Å². The van der Waals surface area contributed by atoms with Gasteiger partial charge in [-0.05, 0) is 47.5 Å². The van der Waals surface area contributed by atoms with E-state index in [1.165, 1.54) is 24.3 Å². The third-order valence-electron chi connectivity index (χ3n) is 4.46. The molecule has 0 heterocycles. The van der Waals surface area contributed by atoms with Crippen LogP contribution >= 0.6 is 0 Å².